The van der Waals surface area contributed by atoms with Crippen molar-refractivity contribution in [2.24, 2.45) is 0 Å². The second-order valence-corrected chi connectivity index (χ2v) is 4.35. The minimum atomic E-state index is -0.161. The van der Waals surface area contributed by atoms with Crippen molar-refractivity contribution in [1.29, 1.82) is 0 Å². The Morgan fingerprint density at radius 1 is 1.71 bits per heavy atom. The van der Waals surface area contributed by atoms with Crippen LogP contribution < -0.4 is 10.6 Å². The third-order valence-electron chi connectivity index (χ3n) is 2.06. The lowest BCUT2D eigenvalue weighted by molar-refractivity contribution is -0.123. The largest absolute Gasteiger partial charge is 0.354 e. The molecule has 14 heavy (non-hydrogen) atoms. The second kappa shape index (κ2) is 4.14. The van der Waals surface area contributed by atoms with Gasteiger partial charge in [0.05, 0.1) is 0 Å². The summed E-state index contributed by atoms with van der Waals surface area (Å²) in [5.74, 6) is 0.0440. The lowest BCUT2D eigenvalue weighted by Crippen LogP contribution is -2.44. The van der Waals surface area contributed by atoms with Gasteiger partial charge in [0.1, 0.15) is 11.2 Å². The molecule has 2 N–H and O–H groups in total. The van der Waals surface area contributed by atoms with Crippen LogP contribution >= 0.6 is 22.9 Å². The van der Waals surface area contributed by atoms with Gasteiger partial charge in [-0.15, -0.1) is 11.3 Å². The molecule has 1 unspecified atom stereocenters. The highest BCUT2D eigenvalue weighted by atomic mass is 35.5. The minimum absolute atomic E-state index is 0.0440. The first kappa shape index (κ1) is 9.73. The van der Waals surface area contributed by atoms with Crippen molar-refractivity contribution < 1.29 is 4.79 Å². The van der Waals surface area contributed by atoms with Crippen molar-refractivity contribution in [1.82, 2.24) is 10.3 Å². The number of hydrogen-bond donors (Lipinski definition) is 2. The van der Waals surface area contributed by atoms with Crippen LogP contribution in [0.25, 0.3) is 0 Å². The summed E-state index contributed by atoms with van der Waals surface area (Å²) in [6, 6.07) is -0.161. The number of piperidine rings is 1. The first-order valence-electron chi connectivity index (χ1n) is 4.41. The van der Waals surface area contributed by atoms with E-state index in [1.165, 1.54) is 11.3 Å². The molecule has 1 aliphatic rings. The number of thiazole rings is 1. The van der Waals surface area contributed by atoms with Crippen molar-refractivity contribution in [3.05, 3.63) is 10.5 Å². The number of anilines is 1. The maximum atomic E-state index is 11.4. The topological polar surface area (TPSA) is 54.0 Å². The normalized spacial score (nSPS) is 21.8. The summed E-state index contributed by atoms with van der Waals surface area (Å²) in [7, 11) is 0. The molecule has 1 aromatic heterocycles. The van der Waals surface area contributed by atoms with E-state index in [2.05, 4.69) is 15.6 Å². The summed E-state index contributed by atoms with van der Waals surface area (Å²) in [5.41, 5.74) is 0. The molecule has 1 aromatic rings. The maximum absolute atomic E-state index is 11.4. The molecular weight excluding hydrogens is 222 g/mol. The number of halogens is 1. The Balaban J connectivity index is 1.99. The molecule has 0 saturated carbocycles. The van der Waals surface area contributed by atoms with Crippen molar-refractivity contribution in [2.75, 3.05) is 11.9 Å². The molecule has 4 nitrogen and oxygen atoms in total. The Kier molecular flexibility index (Phi) is 2.88. The van der Waals surface area contributed by atoms with Gasteiger partial charge in [-0.3, -0.25) is 4.79 Å². The monoisotopic (exact) mass is 231 g/mol. The van der Waals surface area contributed by atoms with E-state index in [0.29, 0.717) is 10.3 Å². The van der Waals surface area contributed by atoms with E-state index in [4.69, 9.17) is 11.6 Å². The zero-order chi connectivity index (χ0) is 9.97. The fourth-order valence-electron chi connectivity index (χ4n) is 1.38. The highest BCUT2D eigenvalue weighted by Gasteiger charge is 2.22. The first-order chi connectivity index (χ1) is 6.75. The zero-order valence-corrected chi connectivity index (χ0v) is 8.99. The van der Waals surface area contributed by atoms with Gasteiger partial charge in [-0.1, -0.05) is 11.6 Å². The number of carbonyl (C=O) groups is 1. The van der Waals surface area contributed by atoms with E-state index in [1.807, 2.05) is 0 Å². The molecule has 0 aliphatic carbocycles. The number of carbonyl (C=O) groups excluding carboxylic acids is 1. The Labute approximate surface area is 90.7 Å². The molecule has 1 aliphatic heterocycles. The van der Waals surface area contributed by atoms with Crippen molar-refractivity contribution in [3.63, 3.8) is 0 Å². The van der Waals surface area contributed by atoms with Crippen LogP contribution in [0, 0.1) is 0 Å². The van der Waals surface area contributed by atoms with Crippen LogP contribution in [0.1, 0.15) is 12.8 Å². The van der Waals surface area contributed by atoms with Crippen molar-refractivity contribution in [3.8, 4) is 0 Å². The van der Waals surface area contributed by atoms with Gasteiger partial charge in [0.2, 0.25) is 5.91 Å². The lowest BCUT2D eigenvalue weighted by Gasteiger charge is -2.22. The van der Waals surface area contributed by atoms with E-state index in [9.17, 15) is 4.79 Å². The van der Waals surface area contributed by atoms with Crippen LogP contribution in [0.3, 0.4) is 0 Å². The van der Waals surface area contributed by atoms with Crippen LogP contribution in [0.2, 0.25) is 5.15 Å². The highest BCUT2D eigenvalue weighted by molar-refractivity contribution is 7.14. The molecule has 2 rings (SSSR count). The average Bonchev–Trinajstić information content (AvgIpc) is 2.56. The minimum Gasteiger partial charge on any atom is -0.354 e. The Bertz CT molecular complexity index is 341. The molecule has 6 heteroatoms. The summed E-state index contributed by atoms with van der Waals surface area (Å²) >= 11 is 7.08. The number of nitrogens with zero attached hydrogens (tertiary/aromatic N) is 1. The molecule has 76 valence electrons. The van der Waals surface area contributed by atoms with Crippen molar-refractivity contribution in [2.45, 2.75) is 18.9 Å². The number of rotatable bonds is 2. The van der Waals surface area contributed by atoms with E-state index in [-0.39, 0.29) is 11.9 Å². The average molecular weight is 232 g/mol. The van der Waals surface area contributed by atoms with Crippen LogP contribution in [0.4, 0.5) is 5.13 Å². The summed E-state index contributed by atoms with van der Waals surface area (Å²) in [6.45, 7) is 0.773. The molecule has 0 aromatic carbocycles. The van der Waals surface area contributed by atoms with Crippen LogP contribution in [-0.4, -0.2) is 23.5 Å². The van der Waals surface area contributed by atoms with Gasteiger partial charge in [0, 0.05) is 11.9 Å². The Morgan fingerprint density at radius 2 is 2.57 bits per heavy atom. The van der Waals surface area contributed by atoms with Crippen LogP contribution in [-0.2, 0) is 4.79 Å². The predicted molar refractivity (Wildman–Crippen MR) is 56.8 cm³/mol. The van der Waals surface area contributed by atoms with Gasteiger partial charge in [-0.2, -0.15) is 0 Å². The highest BCUT2D eigenvalue weighted by Crippen LogP contribution is 2.21. The zero-order valence-electron chi connectivity index (χ0n) is 7.42. The maximum Gasteiger partial charge on any atom is 0.242 e. The third kappa shape index (κ3) is 2.16. The van der Waals surface area contributed by atoms with Gasteiger partial charge >= 0.3 is 0 Å². The van der Waals surface area contributed by atoms with Gasteiger partial charge in [0.15, 0.2) is 5.13 Å². The molecule has 1 saturated heterocycles. The first-order valence-corrected chi connectivity index (χ1v) is 5.67. The quantitative estimate of drug-likeness (QED) is 0.811. The summed E-state index contributed by atoms with van der Waals surface area (Å²) < 4.78 is 0. The third-order valence-corrected chi connectivity index (χ3v) is 3.16. The fourth-order valence-corrected chi connectivity index (χ4v) is 2.27. The Morgan fingerprint density at radius 3 is 3.21 bits per heavy atom. The molecule has 0 bridgehead atoms. The number of aromatic nitrogens is 1. The number of hydrogen-bond acceptors (Lipinski definition) is 4. The van der Waals surface area contributed by atoms with E-state index in [0.717, 1.165) is 19.4 Å². The van der Waals surface area contributed by atoms with E-state index < -0.39 is 0 Å². The van der Waals surface area contributed by atoms with Gasteiger partial charge in [0.25, 0.3) is 0 Å². The molecule has 1 amide bonds. The van der Waals surface area contributed by atoms with E-state index in [1.54, 1.807) is 5.38 Å². The van der Waals surface area contributed by atoms with Crippen LogP contribution in [0.5, 0.6) is 0 Å². The van der Waals surface area contributed by atoms with Crippen LogP contribution in [0.15, 0.2) is 5.38 Å². The summed E-state index contributed by atoms with van der Waals surface area (Å²) in [4.78, 5) is 15.4. The smallest absolute Gasteiger partial charge is 0.242 e. The SMILES string of the molecule is O=C1NCCCC1Nc1nc(Cl)cs1. The molecule has 0 radical (unpaired) electrons. The molecule has 0 spiro atoms. The lowest BCUT2D eigenvalue weighted by atomic mass is 10.1. The molecule has 1 atom stereocenters. The molecular formula is C8H10ClN3OS. The number of nitrogens with one attached hydrogen (secondary N) is 2. The molecule has 1 fully saturated rings. The van der Waals surface area contributed by atoms with E-state index >= 15 is 0 Å². The summed E-state index contributed by atoms with van der Waals surface area (Å²) in [5, 5.41) is 8.78. The standard InChI is InChI=1S/C8H10ClN3OS/c9-6-4-14-8(12-6)11-5-2-1-3-10-7(5)13/h4-5H,1-3H2,(H,10,13)(H,11,12). The van der Waals surface area contributed by atoms with Gasteiger partial charge < -0.3 is 10.6 Å². The van der Waals surface area contributed by atoms with Gasteiger partial charge in [-0.25, -0.2) is 4.98 Å². The van der Waals surface area contributed by atoms with Crippen molar-refractivity contribution >= 4 is 34.0 Å². The predicted octanol–water partition coefficient (Wildman–Crippen LogP) is 1.49. The fraction of sp³-hybridized carbons (Fsp3) is 0.500. The van der Waals surface area contributed by atoms with Gasteiger partial charge in [-0.05, 0) is 12.8 Å². The Hall–Kier alpha value is -0.810. The molecule has 2 heterocycles. The number of amides is 1. The second-order valence-electron chi connectivity index (χ2n) is 3.11. The summed E-state index contributed by atoms with van der Waals surface area (Å²) in [6.07, 6.45) is 1.85.